The molecule has 0 radical (unpaired) electrons. The summed E-state index contributed by atoms with van der Waals surface area (Å²) in [6.07, 6.45) is 0.956. The van der Waals surface area contributed by atoms with E-state index < -0.39 is 0 Å². The van der Waals surface area contributed by atoms with Crippen LogP contribution in [0, 0.1) is 5.82 Å². The number of nitrogens with one attached hydrogen (secondary N) is 1. The van der Waals surface area contributed by atoms with Crippen LogP contribution < -0.4 is 5.32 Å². The number of amides is 2. The summed E-state index contributed by atoms with van der Waals surface area (Å²) >= 11 is 0. The van der Waals surface area contributed by atoms with Crippen LogP contribution in [-0.4, -0.2) is 86.3 Å². The van der Waals surface area contributed by atoms with Crippen molar-refractivity contribution in [3.63, 3.8) is 0 Å². The van der Waals surface area contributed by atoms with Crippen molar-refractivity contribution in [1.82, 2.24) is 20.0 Å². The highest BCUT2D eigenvalue weighted by molar-refractivity contribution is 5.74. The Bertz CT molecular complexity index is 563. The lowest BCUT2D eigenvalue weighted by Crippen LogP contribution is -2.46. The van der Waals surface area contributed by atoms with E-state index >= 15 is 0 Å². The number of ether oxygens (including phenoxy) is 1. The second-order valence-electron chi connectivity index (χ2n) is 6.93. The molecule has 1 aromatic rings. The van der Waals surface area contributed by atoms with Gasteiger partial charge in [0.25, 0.3) is 0 Å². The smallest absolute Gasteiger partial charge is 0.317 e. The molecule has 26 heavy (non-hydrogen) atoms. The van der Waals surface area contributed by atoms with Crippen molar-refractivity contribution in [3.05, 3.63) is 35.6 Å². The number of carbonyl (C=O) groups excluding carboxylic acids is 1. The minimum Gasteiger partial charge on any atom is -0.379 e. The minimum atomic E-state index is -0.204. The topological polar surface area (TPSA) is 48.1 Å². The summed E-state index contributed by atoms with van der Waals surface area (Å²) < 4.78 is 18.4. The van der Waals surface area contributed by atoms with Gasteiger partial charge in [0, 0.05) is 58.9 Å². The van der Waals surface area contributed by atoms with E-state index in [-0.39, 0.29) is 11.8 Å². The van der Waals surface area contributed by atoms with E-state index in [0.717, 1.165) is 77.6 Å². The number of rotatable bonds is 5. The van der Waals surface area contributed by atoms with Crippen molar-refractivity contribution >= 4 is 6.03 Å². The quantitative estimate of drug-likeness (QED) is 0.858. The summed E-state index contributed by atoms with van der Waals surface area (Å²) in [7, 11) is 0. The molecule has 7 heteroatoms. The molecule has 144 valence electrons. The van der Waals surface area contributed by atoms with Gasteiger partial charge in [-0.3, -0.25) is 9.80 Å². The van der Waals surface area contributed by atoms with Gasteiger partial charge in [-0.15, -0.1) is 0 Å². The summed E-state index contributed by atoms with van der Waals surface area (Å²) in [5.41, 5.74) is 1.11. The summed E-state index contributed by atoms with van der Waals surface area (Å²) in [5, 5.41) is 3.04. The number of nitrogens with zero attached hydrogens (tertiary/aromatic N) is 3. The maximum absolute atomic E-state index is 13.0. The second kappa shape index (κ2) is 9.85. The molecule has 2 aliphatic rings. The Hall–Kier alpha value is -1.70. The molecule has 1 N–H and O–H groups in total. The van der Waals surface area contributed by atoms with Crippen LogP contribution >= 0.6 is 0 Å². The van der Waals surface area contributed by atoms with Crippen molar-refractivity contribution in [2.45, 2.75) is 13.0 Å². The van der Waals surface area contributed by atoms with E-state index in [0.29, 0.717) is 6.54 Å². The van der Waals surface area contributed by atoms with E-state index in [4.69, 9.17) is 4.74 Å². The Labute approximate surface area is 154 Å². The Balaban J connectivity index is 1.38. The Kier molecular flexibility index (Phi) is 7.22. The standard InChI is InChI=1S/C19H29FN4O2/c20-18-4-2-17(3-5-18)16-23-7-1-8-24(11-10-23)19(25)21-6-9-22-12-14-26-15-13-22/h2-5H,1,6-16H2,(H,21,25). The van der Waals surface area contributed by atoms with Crippen LogP contribution in [0.25, 0.3) is 0 Å². The van der Waals surface area contributed by atoms with Crippen molar-refractivity contribution in [2.24, 2.45) is 0 Å². The molecule has 0 spiro atoms. The largest absolute Gasteiger partial charge is 0.379 e. The molecule has 2 fully saturated rings. The van der Waals surface area contributed by atoms with Gasteiger partial charge < -0.3 is 15.0 Å². The molecule has 2 saturated heterocycles. The second-order valence-corrected chi connectivity index (χ2v) is 6.93. The molecule has 0 aliphatic carbocycles. The molecule has 0 atom stereocenters. The third-order valence-electron chi connectivity index (χ3n) is 5.00. The van der Waals surface area contributed by atoms with Gasteiger partial charge in [-0.1, -0.05) is 12.1 Å². The average Bonchev–Trinajstić information content (AvgIpc) is 2.90. The third kappa shape index (κ3) is 5.93. The van der Waals surface area contributed by atoms with Crippen LogP contribution in [0.2, 0.25) is 0 Å². The van der Waals surface area contributed by atoms with E-state index in [1.165, 1.54) is 12.1 Å². The highest BCUT2D eigenvalue weighted by atomic mass is 19.1. The average molecular weight is 364 g/mol. The number of halogens is 1. The lowest BCUT2D eigenvalue weighted by Gasteiger charge is -2.27. The lowest BCUT2D eigenvalue weighted by atomic mass is 10.2. The predicted octanol–water partition coefficient (Wildman–Crippen LogP) is 1.38. The van der Waals surface area contributed by atoms with Crippen LogP contribution in [0.15, 0.2) is 24.3 Å². The highest BCUT2D eigenvalue weighted by Gasteiger charge is 2.19. The Morgan fingerprint density at radius 2 is 1.77 bits per heavy atom. The monoisotopic (exact) mass is 364 g/mol. The molecule has 1 aromatic carbocycles. The molecule has 0 saturated carbocycles. The van der Waals surface area contributed by atoms with Gasteiger partial charge in [-0.25, -0.2) is 9.18 Å². The fraction of sp³-hybridized carbons (Fsp3) is 0.632. The first-order valence-electron chi connectivity index (χ1n) is 9.50. The molecular weight excluding hydrogens is 335 g/mol. The Morgan fingerprint density at radius 3 is 2.54 bits per heavy atom. The number of benzene rings is 1. The van der Waals surface area contributed by atoms with Crippen LogP contribution in [0.3, 0.4) is 0 Å². The van der Waals surface area contributed by atoms with Crippen molar-refractivity contribution in [2.75, 3.05) is 65.6 Å². The number of urea groups is 1. The van der Waals surface area contributed by atoms with Crippen LogP contribution in [0.1, 0.15) is 12.0 Å². The minimum absolute atomic E-state index is 0.0295. The summed E-state index contributed by atoms with van der Waals surface area (Å²) in [6.45, 7) is 9.10. The van der Waals surface area contributed by atoms with Gasteiger partial charge in [-0.05, 0) is 24.1 Å². The summed E-state index contributed by atoms with van der Waals surface area (Å²) in [5.74, 6) is -0.204. The summed E-state index contributed by atoms with van der Waals surface area (Å²) in [4.78, 5) is 19.0. The highest BCUT2D eigenvalue weighted by Crippen LogP contribution is 2.10. The number of carbonyl (C=O) groups is 1. The number of hydrogen-bond donors (Lipinski definition) is 1. The van der Waals surface area contributed by atoms with Gasteiger partial charge in [0.15, 0.2) is 0 Å². The Morgan fingerprint density at radius 1 is 1.00 bits per heavy atom. The first kappa shape index (κ1) is 19.1. The maximum Gasteiger partial charge on any atom is 0.317 e. The van der Waals surface area contributed by atoms with Gasteiger partial charge in [0.05, 0.1) is 13.2 Å². The lowest BCUT2D eigenvalue weighted by molar-refractivity contribution is 0.0386. The molecule has 0 bridgehead atoms. The molecule has 0 aromatic heterocycles. The van der Waals surface area contributed by atoms with Gasteiger partial charge in [0.1, 0.15) is 5.82 Å². The normalized spacial score (nSPS) is 20.0. The molecule has 2 amide bonds. The van der Waals surface area contributed by atoms with E-state index in [2.05, 4.69) is 15.1 Å². The van der Waals surface area contributed by atoms with Crippen LogP contribution in [0.4, 0.5) is 9.18 Å². The van der Waals surface area contributed by atoms with E-state index in [1.54, 1.807) is 0 Å². The number of hydrogen-bond acceptors (Lipinski definition) is 4. The SMILES string of the molecule is O=C(NCCN1CCOCC1)N1CCCN(Cc2ccc(F)cc2)CC1. The third-order valence-corrected chi connectivity index (χ3v) is 5.00. The zero-order chi connectivity index (χ0) is 18.2. The van der Waals surface area contributed by atoms with Crippen molar-refractivity contribution in [3.8, 4) is 0 Å². The maximum atomic E-state index is 13.0. The molecule has 0 unspecified atom stereocenters. The van der Waals surface area contributed by atoms with Crippen molar-refractivity contribution in [1.29, 1.82) is 0 Å². The zero-order valence-corrected chi connectivity index (χ0v) is 15.3. The van der Waals surface area contributed by atoms with Crippen molar-refractivity contribution < 1.29 is 13.9 Å². The fourth-order valence-electron chi connectivity index (χ4n) is 3.44. The zero-order valence-electron chi connectivity index (χ0n) is 15.3. The van der Waals surface area contributed by atoms with E-state index in [1.807, 2.05) is 17.0 Å². The first-order valence-corrected chi connectivity index (χ1v) is 9.50. The molecule has 2 aliphatic heterocycles. The fourth-order valence-corrected chi connectivity index (χ4v) is 3.44. The van der Waals surface area contributed by atoms with Crippen LogP contribution in [-0.2, 0) is 11.3 Å². The first-order chi connectivity index (χ1) is 12.7. The summed E-state index contributed by atoms with van der Waals surface area (Å²) in [6, 6.07) is 6.69. The predicted molar refractivity (Wildman–Crippen MR) is 98.5 cm³/mol. The van der Waals surface area contributed by atoms with Gasteiger partial charge >= 0.3 is 6.03 Å². The van der Waals surface area contributed by atoms with Gasteiger partial charge in [-0.2, -0.15) is 0 Å². The van der Waals surface area contributed by atoms with E-state index in [9.17, 15) is 9.18 Å². The van der Waals surface area contributed by atoms with Gasteiger partial charge in [0.2, 0.25) is 0 Å². The molecule has 6 nitrogen and oxygen atoms in total. The number of morpholine rings is 1. The molecule has 3 rings (SSSR count). The molecular formula is C19H29FN4O2. The van der Waals surface area contributed by atoms with Crippen LogP contribution in [0.5, 0.6) is 0 Å². The molecule has 2 heterocycles.